The second kappa shape index (κ2) is 4.62. The van der Waals surface area contributed by atoms with Crippen LogP contribution in [0.3, 0.4) is 0 Å². The van der Waals surface area contributed by atoms with Crippen molar-refractivity contribution in [3.63, 3.8) is 0 Å². The molecule has 0 aromatic heterocycles. The molecular weight excluding hydrogens is 243 g/mol. The van der Waals surface area contributed by atoms with Crippen molar-refractivity contribution in [1.82, 2.24) is 0 Å². The fourth-order valence-electron chi connectivity index (χ4n) is 1.19. The number of rotatable bonds is 2. The second-order valence-electron chi connectivity index (χ2n) is 4.08. The largest absolute Gasteiger partial charge is 0.474 e. The fraction of sp³-hybridized carbons (Fsp3) is 0.308. The van der Waals surface area contributed by atoms with E-state index >= 15 is 0 Å². The molecule has 5 heteroatoms. The second-order valence-corrected chi connectivity index (χ2v) is 4.08. The first-order valence-corrected chi connectivity index (χ1v) is 4.98. The molecule has 0 heterocycles. The number of benzene rings is 1. The molecule has 0 atom stereocenters. The zero-order valence-corrected chi connectivity index (χ0v) is 9.80. The van der Waals surface area contributed by atoms with E-state index in [9.17, 15) is 13.2 Å². The average Bonchev–Trinajstić information content (AvgIpc) is 2.27. The van der Waals surface area contributed by atoms with Crippen molar-refractivity contribution in [2.45, 2.75) is 25.6 Å². The smallest absolute Gasteiger partial charge is 0.416 e. The summed E-state index contributed by atoms with van der Waals surface area (Å²) < 4.78 is 42.7. The molecule has 0 spiro atoms. The van der Waals surface area contributed by atoms with Crippen LogP contribution in [0.5, 0.6) is 5.75 Å². The lowest BCUT2D eigenvalue weighted by atomic mass is 10.1. The van der Waals surface area contributed by atoms with Crippen LogP contribution < -0.4 is 4.74 Å². The molecule has 0 bridgehead atoms. The van der Waals surface area contributed by atoms with Gasteiger partial charge >= 0.3 is 6.18 Å². The standard InChI is InChI=1S/C13H10F3NO/c1-4-12(2,3)18-11-6-5-10(13(14,15)16)7-9(11)8-17/h1,5-7H,2-3H3. The minimum atomic E-state index is -4.49. The van der Waals surface area contributed by atoms with E-state index in [1.54, 1.807) is 19.9 Å². The molecule has 0 radical (unpaired) electrons. The lowest BCUT2D eigenvalue weighted by Gasteiger charge is -2.21. The van der Waals surface area contributed by atoms with Crippen LogP contribution in [0.15, 0.2) is 18.2 Å². The molecule has 0 saturated carbocycles. The minimum absolute atomic E-state index is 0.0356. The summed E-state index contributed by atoms with van der Waals surface area (Å²) in [7, 11) is 0. The Labute approximate surface area is 103 Å². The van der Waals surface area contributed by atoms with Crippen LogP contribution in [-0.4, -0.2) is 5.60 Å². The topological polar surface area (TPSA) is 33.0 Å². The van der Waals surface area contributed by atoms with Crippen molar-refractivity contribution in [1.29, 1.82) is 5.26 Å². The third kappa shape index (κ3) is 3.18. The van der Waals surface area contributed by atoms with E-state index in [-0.39, 0.29) is 11.3 Å². The molecule has 0 aliphatic carbocycles. The van der Waals surface area contributed by atoms with E-state index in [2.05, 4.69) is 5.92 Å². The predicted octanol–water partition coefficient (Wildman–Crippen LogP) is 3.37. The molecule has 2 nitrogen and oxygen atoms in total. The Morgan fingerprint density at radius 3 is 2.33 bits per heavy atom. The highest BCUT2D eigenvalue weighted by Crippen LogP contribution is 2.33. The summed E-state index contributed by atoms with van der Waals surface area (Å²) in [5.41, 5.74) is -2.09. The van der Waals surface area contributed by atoms with Gasteiger partial charge in [0.05, 0.1) is 11.1 Å². The molecule has 94 valence electrons. The monoisotopic (exact) mass is 253 g/mol. The van der Waals surface area contributed by atoms with Crippen molar-refractivity contribution in [2.24, 2.45) is 0 Å². The SMILES string of the molecule is C#CC(C)(C)Oc1ccc(C(F)(F)F)cc1C#N. The lowest BCUT2D eigenvalue weighted by molar-refractivity contribution is -0.137. The average molecular weight is 253 g/mol. The Balaban J connectivity index is 3.19. The number of halogens is 3. The Morgan fingerprint density at radius 2 is 1.89 bits per heavy atom. The molecule has 0 amide bonds. The van der Waals surface area contributed by atoms with E-state index in [0.29, 0.717) is 0 Å². The Kier molecular flexibility index (Phi) is 3.57. The van der Waals surface area contributed by atoms with Crippen LogP contribution in [-0.2, 0) is 6.18 Å². The van der Waals surface area contributed by atoms with Crippen molar-refractivity contribution < 1.29 is 17.9 Å². The number of alkyl halides is 3. The van der Waals surface area contributed by atoms with Gasteiger partial charge in [-0.05, 0) is 32.0 Å². The Bertz CT molecular complexity index is 533. The number of hydrogen-bond acceptors (Lipinski definition) is 2. The van der Waals surface area contributed by atoms with Gasteiger partial charge in [-0.1, -0.05) is 5.92 Å². The summed E-state index contributed by atoms with van der Waals surface area (Å²) >= 11 is 0. The Hall–Kier alpha value is -2.14. The van der Waals surface area contributed by atoms with Gasteiger partial charge in [0.15, 0.2) is 5.60 Å². The van der Waals surface area contributed by atoms with Gasteiger partial charge in [-0.15, -0.1) is 6.42 Å². The van der Waals surface area contributed by atoms with Gasteiger partial charge in [-0.3, -0.25) is 0 Å². The van der Waals surface area contributed by atoms with Gasteiger partial charge in [-0.2, -0.15) is 18.4 Å². The van der Waals surface area contributed by atoms with E-state index in [4.69, 9.17) is 16.4 Å². The molecule has 0 aliphatic rings. The summed E-state index contributed by atoms with van der Waals surface area (Å²) in [6, 6.07) is 4.35. The normalized spacial score (nSPS) is 11.5. The number of nitriles is 1. The molecule has 1 aromatic rings. The molecule has 0 unspecified atom stereocenters. The first kappa shape index (κ1) is 13.9. The van der Waals surface area contributed by atoms with Crippen LogP contribution in [0.25, 0.3) is 0 Å². The van der Waals surface area contributed by atoms with Crippen molar-refractivity contribution in [3.05, 3.63) is 29.3 Å². The lowest BCUT2D eigenvalue weighted by Crippen LogP contribution is -2.26. The van der Waals surface area contributed by atoms with Crippen molar-refractivity contribution >= 4 is 0 Å². The highest BCUT2D eigenvalue weighted by molar-refractivity contribution is 5.46. The maximum Gasteiger partial charge on any atom is 0.416 e. The van der Waals surface area contributed by atoms with Crippen LogP contribution in [0.2, 0.25) is 0 Å². The zero-order chi connectivity index (χ0) is 14.0. The summed E-state index contributed by atoms with van der Waals surface area (Å²) in [6.45, 7) is 3.15. The third-order valence-electron chi connectivity index (χ3n) is 2.14. The van der Waals surface area contributed by atoms with Gasteiger partial charge in [0.2, 0.25) is 0 Å². The van der Waals surface area contributed by atoms with Crippen LogP contribution in [0, 0.1) is 23.7 Å². The van der Waals surface area contributed by atoms with Crippen LogP contribution >= 0.6 is 0 Å². The number of terminal acetylenes is 1. The first-order valence-electron chi connectivity index (χ1n) is 4.98. The molecule has 0 fully saturated rings. The maximum atomic E-state index is 12.5. The van der Waals surface area contributed by atoms with E-state index in [1.165, 1.54) is 0 Å². The highest BCUT2D eigenvalue weighted by Gasteiger charge is 2.31. The quantitative estimate of drug-likeness (QED) is 0.757. The fourth-order valence-corrected chi connectivity index (χ4v) is 1.19. The van der Waals surface area contributed by atoms with Gasteiger partial charge in [0.1, 0.15) is 11.8 Å². The molecule has 0 aliphatic heterocycles. The first-order chi connectivity index (χ1) is 8.19. The van der Waals surface area contributed by atoms with Crippen LogP contribution in [0.1, 0.15) is 25.0 Å². The van der Waals surface area contributed by atoms with Gasteiger partial charge in [0, 0.05) is 0 Å². The summed E-state index contributed by atoms with van der Waals surface area (Å²) in [5, 5.41) is 8.83. The molecule has 1 aromatic carbocycles. The molecule has 0 N–H and O–H groups in total. The maximum absolute atomic E-state index is 12.5. The molecule has 1 rings (SSSR count). The van der Waals surface area contributed by atoms with E-state index in [0.717, 1.165) is 18.2 Å². The third-order valence-corrected chi connectivity index (χ3v) is 2.14. The van der Waals surface area contributed by atoms with E-state index < -0.39 is 17.3 Å². The van der Waals surface area contributed by atoms with Crippen molar-refractivity contribution in [3.8, 4) is 24.2 Å². The highest BCUT2D eigenvalue weighted by atomic mass is 19.4. The Morgan fingerprint density at radius 1 is 1.28 bits per heavy atom. The summed E-state index contributed by atoms with van der Waals surface area (Å²) in [5.74, 6) is 2.37. The minimum Gasteiger partial charge on any atom is -0.474 e. The summed E-state index contributed by atoms with van der Waals surface area (Å²) in [6.07, 6.45) is 0.713. The molecular formula is C13H10F3NO. The molecule has 0 saturated heterocycles. The van der Waals surface area contributed by atoms with Gasteiger partial charge in [0.25, 0.3) is 0 Å². The number of hydrogen-bond donors (Lipinski definition) is 0. The van der Waals surface area contributed by atoms with Gasteiger partial charge in [-0.25, -0.2) is 0 Å². The van der Waals surface area contributed by atoms with Crippen LogP contribution in [0.4, 0.5) is 13.2 Å². The van der Waals surface area contributed by atoms with Crippen molar-refractivity contribution in [2.75, 3.05) is 0 Å². The van der Waals surface area contributed by atoms with Gasteiger partial charge < -0.3 is 4.74 Å². The summed E-state index contributed by atoms with van der Waals surface area (Å²) in [4.78, 5) is 0. The van der Waals surface area contributed by atoms with E-state index in [1.807, 2.05) is 0 Å². The number of ether oxygens (including phenoxy) is 1. The predicted molar refractivity (Wildman–Crippen MR) is 59.7 cm³/mol. The number of nitrogens with zero attached hydrogens (tertiary/aromatic N) is 1. The molecule has 18 heavy (non-hydrogen) atoms. The zero-order valence-electron chi connectivity index (χ0n) is 9.80.